The number of anilines is 2. The van der Waals surface area contributed by atoms with Gasteiger partial charge in [0, 0.05) is 31.2 Å². The van der Waals surface area contributed by atoms with E-state index in [1.807, 2.05) is 0 Å². The number of nitrogens with two attached hydrogens (primary N) is 1. The highest BCUT2D eigenvalue weighted by Crippen LogP contribution is 2.31. The van der Waals surface area contributed by atoms with E-state index >= 15 is 0 Å². The van der Waals surface area contributed by atoms with Crippen molar-refractivity contribution in [3.8, 4) is 0 Å². The molecule has 0 spiro atoms. The minimum atomic E-state index is -0.120. The van der Waals surface area contributed by atoms with Crippen LogP contribution in [0.3, 0.4) is 0 Å². The van der Waals surface area contributed by atoms with Gasteiger partial charge in [-0.15, -0.1) is 0 Å². The molecule has 2 rings (SSSR count). The predicted octanol–water partition coefficient (Wildman–Crippen LogP) is 1.76. The van der Waals surface area contributed by atoms with Crippen molar-refractivity contribution in [1.82, 2.24) is 9.80 Å². The lowest BCUT2D eigenvalue weighted by Crippen LogP contribution is -2.47. The fourth-order valence-corrected chi connectivity index (χ4v) is 2.67. The van der Waals surface area contributed by atoms with Crippen LogP contribution >= 0.6 is 23.2 Å². The quantitative estimate of drug-likeness (QED) is 0.834. The highest BCUT2D eigenvalue weighted by Gasteiger charge is 2.17. The van der Waals surface area contributed by atoms with Crippen molar-refractivity contribution in [2.45, 2.75) is 0 Å². The lowest BCUT2D eigenvalue weighted by Gasteiger charge is -2.31. The Kier molecular flexibility index (Phi) is 5.10. The van der Waals surface area contributed by atoms with Crippen molar-refractivity contribution in [2.75, 3.05) is 50.8 Å². The molecule has 0 atom stereocenters. The first kappa shape index (κ1) is 15.4. The average Bonchev–Trinajstić information content (AvgIpc) is 2.36. The van der Waals surface area contributed by atoms with Gasteiger partial charge in [0.05, 0.1) is 22.9 Å². The Bertz CT molecular complexity index is 478. The van der Waals surface area contributed by atoms with Crippen LogP contribution in [0.2, 0.25) is 10.0 Å². The molecule has 1 heterocycles. The van der Waals surface area contributed by atoms with Crippen molar-refractivity contribution < 1.29 is 4.79 Å². The number of rotatable bonds is 3. The number of nitrogens with one attached hydrogen (secondary N) is 1. The number of carbonyl (C=O) groups excluding carboxylic acids is 1. The molecule has 3 N–H and O–H groups in total. The minimum Gasteiger partial charge on any atom is -0.397 e. The first-order valence-electron chi connectivity index (χ1n) is 6.41. The van der Waals surface area contributed by atoms with Crippen LogP contribution in [0, 0.1) is 0 Å². The molecular weight excluding hydrogens is 299 g/mol. The number of hydrogen-bond donors (Lipinski definition) is 2. The summed E-state index contributed by atoms with van der Waals surface area (Å²) >= 11 is 11.9. The summed E-state index contributed by atoms with van der Waals surface area (Å²) in [7, 11) is 2.07. The van der Waals surface area contributed by atoms with Gasteiger partial charge in [0.2, 0.25) is 5.91 Å². The van der Waals surface area contributed by atoms with Gasteiger partial charge in [0.15, 0.2) is 0 Å². The molecule has 0 bridgehead atoms. The van der Waals surface area contributed by atoms with Crippen LogP contribution in [0.4, 0.5) is 11.4 Å². The normalized spacial score (nSPS) is 17.1. The molecule has 0 unspecified atom stereocenters. The third-order valence-corrected chi connectivity index (χ3v) is 3.83. The standard InChI is InChI=1S/C13H18Cl2N4O/c1-18-2-4-19(5-3-18)8-12(20)17-13-10(15)6-9(14)7-11(13)16/h6-7H,2-5,8,16H2,1H3,(H,17,20). The van der Waals surface area contributed by atoms with E-state index in [1.54, 1.807) is 12.1 Å². The monoisotopic (exact) mass is 316 g/mol. The molecule has 0 saturated carbocycles. The van der Waals surface area contributed by atoms with Gasteiger partial charge >= 0.3 is 0 Å². The zero-order valence-corrected chi connectivity index (χ0v) is 12.8. The van der Waals surface area contributed by atoms with Gasteiger partial charge < -0.3 is 16.0 Å². The van der Waals surface area contributed by atoms with Gasteiger partial charge in [-0.05, 0) is 19.2 Å². The summed E-state index contributed by atoms with van der Waals surface area (Å²) in [6.07, 6.45) is 0. The third kappa shape index (κ3) is 3.99. The Morgan fingerprint density at radius 2 is 1.95 bits per heavy atom. The Hall–Kier alpha value is -1.01. The van der Waals surface area contributed by atoms with Crippen molar-refractivity contribution >= 4 is 40.5 Å². The summed E-state index contributed by atoms with van der Waals surface area (Å²) in [6.45, 7) is 4.04. The van der Waals surface area contributed by atoms with E-state index in [4.69, 9.17) is 28.9 Å². The SMILES string of the molecule is CN1CCN(CC(=O)Nc2c(N)cc(Cl)cc2Cl)CC1. The second-order valence-corrected chi connectivity index (χ2v) is 5.82. The summed E-state index contributed by atoms with van der Waals surface area (Å²) < 4.78 is 0. The Morgan fingerprint density at radius 3 is 2.55 bits per heavy atom. The lowest BCUT2D eigenvalue weighted by molar-refractivity contribution is -0.117. The molecule has 20 heavy (non-hydrogen) atoms. The summed E-state index contributed by atoms with van der Waals surface area (Å²) in [6, 6.07) is 3.13. The molecule has 1 fully saturated rings. The number of nitrogens with zero attached hydrogens (tertiary/aromatic N) is 2. The van der Waals surface area contributed by atoms with Crippen LogP contribution in [0.25, 0.3) is 0 Å². The molecule has 0 radical (unpaired) electrons. The number of carbonyl (C=O) groups is 1. The smallest absolute Gasteiger partial charge is 0.238 e. The number of benzene rings is 1. The number of amides is 1. The van der Waals surface area contributed by atoms with Crippen LogP contribution in [-0.2, 0) is 4.79 Å². The molecule has 110 valence electrons. The first-order chi connectivity index (χ1) is 9.45. The second kappa shape index (κ2) is 6.63. The topological polar surface area (TPSA) is 61.6 Å². The van der Waals surface area contributed by atoms with Gasteiger partial charge in [-0.3, -0.25) is 9.69 Å². The van der Waals surface area contributed by atoms with Gasteiger partial charge in [0.1, 0.15) is 0 Å². The van der Waals surface area contributed by atoms with Gasteiger partial charge in [-0.2, -0.15) is 0 Å². The maximum absolute atomic E-state index is 12.0. The highest BCUT2D eigenvalue weighted by atomic mass is 35.5. The Labute approximate surface area is 128 Å². The van der Waals surface area contributed by atoms with Crippen molar-refractivity contribution in [3.05, 3.63) is 22.2 Å². The summed E-state index contributed by atoms with van der Waals surface area (Å²) in [5.41, 5.74) is 6.61. The van der Waals surface area contributed by atoms with E-state index in [2.05, 4.69) is 22.2 Å². The predicted molar refractivity (Wildman–Crippen MR) is 83.4 cm³/mol. The molecule has 0 aliphatic carbocycles. The van der Waals surface area contributed by atoms with Crippen molar-refractivity contribution in [2.24, 2.45) is 0 Å². The van der Waals surface area contributed by atoms with E-state index in [0.29, 0.717) is 28.0 Å². The van der Waals surface area contributed by atoms with Crippen LogP contribution in [-0.4, -0.2) is 55.5 Å². The second-order valence-electron chi connectivity index (χ2n) is 4.98. The molecule has 1 aliphatic rings. The maximum Gasteiger partial charge on any atom is 0.238 e. The minimum absolute atomic E-state index is 0.120. The van der Waals surface area contributed by atoms with Gasteiger partial charge in [0.25, 0.3) is 0 Å². The summed E-state index contributed by atoms with van der Waals surface area (Å²) in [4.78, 5) is 16.4. The van der Waals surface area contributed by atoms with Crippen molar-refractivity contribution in [3.63, 3.8) is 0 Å². The van der Waals surface area contributed by atoms with Crippen LogP contribution in [0.5, 0.6) is 0 Å². The van der Waals surface area contributed by atoms with Crippen molar-refractivity contribution in [1.29, 1.82) is 0 Å². The molecule has 5 nitrogen and oxygen atoms in total. The average molecular weight is 317 g/mol. The van der Waals surface area contributed by atoms with E-state index < -0.39 is 0 Å². The number of piperazine rings is 1. The number of hydrogen-bond acceptors (Lipinski definition) is 4. The Morgan fingerprint density at radius 1 is 1.30 bits per heavy atom. The van der Waals surface area contributed by atoms with Gasteiger partial charge in [-0.1, -0.05) is 23.2 Å². The van der Waals surface area contributed by atoms with E-state index in [-0.39, 0.29) is 5.91 Å². The maximum atomic E-state index is 12.0. The number of halogens is 2. The molecule has 1 aliphatic heterocycles. The van der Waals surface area contributed by atoms with E-state index in [1.165, 1.54) is 0 Å². The van der Waals surface area contributed by atoms with Crippen LogP contribution in [0.15, 0.2) is 12.1 Å². The third-order valence-electron chi connectivity index (χ3n) is 3.31. The summed E-state index contributed by atoms with van der Waals surface area (Å²) in [5, 5.41) is 3.55. The molecule has 1 amide bonds. The molecule has 7 heteroatoms. The highest BCUT2D eigenvalue weighted by molar-refractivity contribution is 6.37. The lowest BCUT2D eigenvalue weighted by atomic mass is 10.2. The molecule has 1 saturated heterocycles. The zero-order valence-electron chi connectivity index (χ0n) is 11.3. The molecular formula is C13H18Cl2N4O. The van der Waals surface area contributed by atoms with E-state index in [9.17, 15) is 4.79 Å². The molecule has 1 aromatic rings. The molecule has 0 aromatic heterocycles. The summed E-state index contributed by atoms with van der Waals surface area (Å²) in [5.74, 6) is -0.120. The largest absolute Gasteiger partial charge is 0.397 e. The zero-order chi connectivity index (χ0) is 14.7. The Balaban J connectivity index is 1.95. The van der Waals surface area contributed by atoms with Crippen LogP contribution in [0.1, 0.15) is 0 Å². The van der Waals surface area contributed by atoms with Gasteiger partial charge in [-0.25, -0.2) is 0 Å². The molecule has 1 aromatic carbocycles. The number of nitrogen functional groups attached to an aromatic ring is 1. The first-order valence-corrected chi connectivity index (χ1v) is 7.16. The van der Waals surface area contributed by atoms with Crippen LogP contribution < -0.4 is 11.1 Å². The van der Waals surface area contributed by atoms with E-state index in [0.717, 1.165) is 26.2 Å². The number of likely N-dealkylation sites (N-methyl/N-ethyl adjacent to an activating group) is 1. The fraction of sp³-hybridized carbons (Fsp3) is 0.462. The fourth-order valence-electron chi connectivity index (χ4n) is 2.11.